The van der Waals surface area contributed by atoms with Crippen molar-refractivity contribution in [3.05, 3.63) is 99.2 Å². The zero-order valence-corrected chi connectivity index (χ0v) is 16.2. The second kappa shape index (κ2) is 7.04. The number of nitrogens with zero attached hydrogens (tertiary/aromatic N) is 1. The lowest BCUT2D eigenvalue weighted by Gasteiger charge is -2.08. The number of carbonyl (C=O) groups excluding carboxylic acids is 1. The fourth-order valence-electron chi connectivity index (χ4n) is 3.27. The summed E-state index contributed by atoms with van der Waals surface area (Å²) in [6, 6.07) is 13.7. The van der Waals surface area contributed by atoms with E-state index in [1.807, 2.05) is 0 Å². The highest BCUT2D eigenvalue weighted by molar-refractivity contribution is 6.41. The summed E-state index contributed by atoms with van der Waals surface area (Å²) in [5.74, 6) is -1.55. The lowest BCUT2D eigenvalue weighted by Crippen LogP contribution is -2.03. The molecule has 0 atom stereocenters. The lowest BCUT2D eigenvalue weighted by atomic mass is 10.0. The Morgan fingerprint density at radius 1 is 0.929 bits per heavy atom. The van der Waals surface area contributed by atoms with Crippen molar-refractivity contribution in [1.29, 1.82) is 0 Å². The summed E-state index contributed by atoms with van der Waals surface area (Å²) in [6.45, 7) is 1.76. The highest BCUT2D eigenvalue weighted by atomic mass is 35.5. The van der Waals surface area contributed by atoms with E-state index >= 15 is 0 Å². The van der Waals surface area contributed by atoms with Crippen molar-refractivity contribution >= 4 is 39.9 Å². The third-order valence-corrected chi connectivity index (χ3v) is 5.20. The number of hydrogen-bond acceptors (Lipinski definition) is 1. The predicted octanol–water partition coefficient (Wildman–Crippen LogP) is 6.75. The first-order valence-corrected chi connectivity index (χ1v) is 9.19. The summed E-state index contributed by atoms with van der Waals surface area (Å²) in [7, 11) is 0. The quantitative estimate of drug-likeness (QED) is 0.339. The molecule has 0 aliphatic heterocycles. The van der Waals surface area contributed by atoms with Crippen molar-refractivity contribution < 1.29 is 13.6 Å². The van der Waals surface area contributed by atoms with Crippen molar-refractivity contribution in [3.63, 3.8) is 0 Å². The summed E-state index contributed by atoms with van der Waals surface area (Å²) in [5, 5.41) is 0.730. The molecule has 1 aromatic heterocycles. The molecule has 4 rings (SSSR count). The first-order chi connectivity index (χ1) is 13.4. The van der Waals surface area contributed by atoms with Crippen molar-refractivity contribution in [3.8, 4) is 5.69 Å². The molecule has 28 heavy (non-hydrogen) atoms. The topological polar surface area (TPSA) is 22.0 Å². The van der Waals surface area contributed by atoms with Crippen LogP contribution >= 0.6 is 23.2 Å². The van der Waals surface area contributed by atoms with E-state index in [1.54, 1.807) is 43.3 Å². The van der Waals surface area contributed by atoms with Crippen molar-refractivity contribution in [2.75, 3.05) is 0 Å². The molecule has 140 valence electrons. The largest absolute Gasteiger partial charge is 0.310 e. The molecule has 2 nitrogen and oxygen atoms in total. The number of carbonyl (C=O) groups is 1. The van der Waals surface area contributed by atoms with Crippen LogP contribution in [0.4, 0.5) is 8.78 Å². The second-order valence-electron chi connectivity index (χ2n) is 6.43. The van der Waals surface area contributed by atoms with Crippen LogP contribution in [0.3, 0.4) is 0 Å². The number of hydrogen-bond donors (Lipinski definition) is 0. The van der Waals surface area contributed by atoms with Gasteiger partial charge in [-0.25, -0.2) is 8.78 Å². The minimum atomic E-state index is -0.568. The molecule has 3 aromatic carbocycles. The number of aryl methyl sites for hydroxylation is 1. The van der Waals surface area contributed by atoms with Gasteiger partial charge in [0, 0.05) is 17.1 Å². The summed E-state index contributed by atoms with van der Waals surface area (Å²) in [4.78, 5) is 13.2. The van der Waals surface area contributed by atoms with E-state index in [0.29, 0.717) is 5.39 Å². The molecule has 0 radical (unpaired) electrons. The van der Waals surface area contributed by atoms with Crippen molar-refractivity contribution in [1.82, 2.24) is 4.57 Å². The number of fused-ring (bicyclic) bond motifs is 1. The number of halogens is 4. The zero-order valence-electron chi connectivity index (χ0n) is 14.6. The smallest absolute Gasteiger partial charge is 0.198 e. The molecule has 0 unspecified atom stereocenters. The van der Waals surface area contributed by atoms with Gasteiger partial charge in [0.15, 0.2) is 5.78 Å². The van der Waals surface area contributed by atoms with Gasteiger partial charge in [0.05, 0.1) is 26.8 Å². The highest BCUT2D eigenvalue weighted by Crippen LogP contribution is 2.33. The molecule has 0 aliphatic rings. The molecule has 0 saturated heterocycles. The molecule has 6 heteroatoms. The normalized spacial score (nSPS) is 11.2. The van der Waals surface area contributed by atoms with Crippen LogP contribution in [0.15, 0.2) is 60.8 Å². The van der Waals surface area contributed by atoms with E-state index < -0.39 is 17.4 Å². The Kier molecular flexibility index (Phi) is 4.69. The Morgan fingerprint density at radius 3 is 2.29 bits per heavy atom. The van der Waals surface area contributed by atoms with Crippen LogP contribution in [0, 0.1) is 18.6 Å². The lowest BCUT2D eigenvalue weighted by molar-refractivity contribution is 0.104. The second-order valence-corrected chi connectivity index (χ2v) is 7.24. The number of aromatic nitrogens is 1. The molecule has 0 amide bonds. The van der Waals surface area contributed by atoms with E-state index in [4.69, 9.17) is 23.2 Å². The Balaban J connectivity index is 2.02. The monoisotopic (exact) mass is 415 g/mol. The molecular weight excluding hydrogens is 403 g/mol. The minimum absolute atomic E-state index is 0.108. The molecular formula is C22H13Cl2F2NO. The molecule has 0 saturated carbocycles. The molecule has 4 aromatic rings. The van der Waals surface area contributed by atoms with Gasteiger partial charge in [0.1, 0.15) is 11.6 Å². The van der Waals surface area contributed by atoms with Crippen molar-refractivity contribution in [2.45, 2.75) is 6.92 Å². The third kappa shape index (κ3) is 2.99. The number of benzene rings is 3. The van der Waals surface area contributed by atoms with Crippen LogP contribution in [-0.2, 0) is 0 Å². The van der Waals surface area contributed by atoms with E-state index in [2.05, 4.69) is 0 Å². The molecule has 0 N–H and O–H groups in total. The van der Waals surface area contributed by atoms with Gasteiger partial charge in [0.2, 0.25) is 0 Å². The van der Waals surface area contributed by atoms with E-state index in [9.17, 15) is 13.6 Å². The van der Waals surface area contributed by atoms with E-state index in [-0.39, 0.29) is 32.4 Å². The van der Waals surface area contributed by atoms with Gasteiger partial charge in [0.25, 0.3) is 0 Å². The first kappa shape index (κ1) is 18.7. The summed E-state index contributed by atoms with van der Waals surface area (Å²) >= 11 is 12.4. The van der Waals surface area contributed by atoms with Gasteiger partial charge in [-0.1, -0.05) is 47.5 Å². The average molecular weight is 416 g/mol. The van der Waals surface area contributed by atoms with Gasteiger partial charge in [-0.3, -0.25) is 4.79 Å². The van der Waals surface area contributed by atoms with Crippen LogP contribution in [0.25, 0.3) is 16.6 Å². The first-order valence-electron chi connectivity index (χ1n) is 8.43. The average Bonchev–Trinajstić information content (AvgIpc) is 3.02. The maximum atomic E-state index is 14.7. The zero-order chi connectivity index (χ0) is 20.0. The number of para-hydroxylation sites is 1. The van der Waals surface area contributed by atoms with Crippen molar-refractivity contribution in [2.24, 2.45) is 0 Å². The van der Waals surface area contributed by atoms with E-state index in [0.717, 1.165) is 5.56 Å². The standard InChI is InChI=1S/C22H13Cl2F2NO/c1-12-8-9-19(18(26)10-12)27-11-14(13-4-2-7-17(25)21(13)27)22(28)20-15(23)5-3-6-16(20)24/h2-11H,1H3. The SMILES string of the molecule is Cc1ccc(-n2cc(C(=O)c3c(Cl)cccc3Cl)c3cccc(F)c32)c(F)c1. The molecule has 0 aliphatic carbocycles. The Hall–Kier alpha value is -2.69. The maximum absolute atomic E-state index is 14.7. The van der Waals surface area contributed by atoms with Crippen LogP contribution in [0.1, 0.15) is 21.5 Å². The fourth-order valence-corrected chi connectivity index (χ4v) is 3.84. The van der Waals surface area contributed by atoms with Gasteiger partial charge >= 0.3 is 0 Å². The van der Waals surface area contributed by atoms with Gasteiger partial charge < -0.3 is 4.57 Å². The Bertz CT molecular complexity index is 1230. The van der Waals surface area contributed by atoms with Gasteiger partial charge in [-0.15, -0.1) is 0 Å². The minimum Gasteiger partial charge on any atom is -0.310 e. The highest BCUT2D eigenvalue weighted by Gasteiger charge is 2.23. The van der Waals surface area contributed by atoms with Gasteiger partial charge in [-0.05, 0) is 42.8 Å². The number of rotatable bonds is 3. The molecule has 0 fully saturated rings. The summed E-state index contributed by atoms with van der Waals surface area (Å²) in [5.41, 5.74) is 1.29. The maximum Gasteiger partial charge on any atom is 0.198 e. The third-order valence-electron chi connectivity index (χ3n) is 4.57. The van der Waals surface area contributed by atoms with Crippen LogP contribution in [0.2, 0.25) is 10.0 Å². The molecule has 0 bridgehead atoms. The Labute approximate surface area is 169 Å². The van der Waals surface area contributed by atoms with E-state index in [1.165, 1.54) is 29.0 Å². The van der Waals surface area contributed by atoms with Crippen LogP contribution < -0.4 is 0 Å². The number of ketones is 1. The van der Waals surface area contributed by atoms with Gasteiger partial charge in [-0.2, -0.15) is 0 Å². The van der Waals surface area contributed by atoms with Crippen LogP contribution in [0.5, 0.6) is 0 Å². The predicted molar refractivity (Wildman–Crippen MR) is 108 cm³/mol. The van der Waals surface area contributed by atoms with Crippen LogP contribution in [-0.4, -0.2) is 10.4 Å². The molecule has 0 spiro atoms. The summed E-state index contributed by atoms with van der Waals surface area (Å²) in [6.07, 6.45) is 1.42. The fraction of sp³-hybridized carbons (Fsp3) is 0.0455. The molecule has 1 heterocycles. The summed E-state index contributed by atoms with van der Waals surface area (Å²) < 4.78 is 30.6. The Morgan fingerprint density at radius 2 is 1.61 bits per heavy atom.